The van der Waals surface area contributed by atoms with E-state index in [1.165, 1.54) is 4.90 Å². The maximum Gasteiger partial charge on any atom is 0.352 e. The van der Waals surface area contributed by atoms with Crippen molar-refractivity contribution in [3.8, 4) is 0 Å². The minimum atomic E-state index is -1.10. The predicted octanol–water partition coefficient (Wildman–Crippen LogP) is 1.36. The molecule has 0 unspecified atom stereocenters. The largest absolute Gasteiger partial charge is 0.477 e. The Labute approximate surface area is 156 Å². The molecule has 7 heteroatoms. The van der Waals surface area contributed by atoms with E-state index in [4.69, 9.17) is 0 Å². The van der Waals surface area contributed by atoms with Crippen LogP contribution in [0.4, 0.5) is 0 Å². The van der Waals surface area contributed by atoms with E-state index < -0.39 is 18.0 Å². The van der Waals surface area contributed by atoms with Gasteiger partial charge in [0.15, 0.2) is 12.4 Å². The Morgan fingerprint density at radius 1 is 1.42 bits per heavy atom. The molecule has 2 aliphatic rings. The summed E-state index contributed by atoms with van der Waals surface area (Å²) in [6, 6.07) is 3.78. The lowest BCUT2D eigenvalue weighted by Crippen LogP contribution is -2.63. The van der Waals surface area contributed by atoms with Crippen molar-refractivity contribution in [3.05, 3.63) is 47.9 Å². The summed E-state index contributed by atoms with van der Waals surface area (Å²) in [7, 11) is 1.96. The number of hydrogen-bond acceptors (Lipinski definition) is 4. The van der Waals surface area contributed by atoms with Crippen LogP contribution in [0.3, 0.4) is 0 Å². The lowest BCUT2D eigenvalue weighted by atomic mass is 9.78. The summed E-state index contributed by atoms with van der Waals surface area (Å²) in [6.45, 7) is 3.50. The van der Waals surface area contributed by atoms with Crippen molar-refractivity contribution < 1.29 is 24.4 Å². The van der Waals surface area contributed by atoms with E-state index in [9.17, 15) is 19.8 Å². The molecule has 1 aromatic heterocycles. The van der Waals surface area contributed by atoms with Crippen LogP contribution in [0.15, 0.2) is 52.8 Å². The first-order chi connectivity index (χ1) is 12.3. The average Bonchev–Trinajstić information content (AvgIpc) is 2.82. The second-order valence-corrected chi connectivity index (χ2v) is 7.87. The van der Waals surface area contributed by atoms with Gasteiger partial charge in [0.2, 0.25) is 5.91 Å². The van der Waals surface area contributed by atoms with E-state index in [0.717, 1.165) is 4.90 Å². The molecule has 0 aromatic carbocycles. The zero-order valence-corrected chi connectivity index (χ0v) is 15.8. The van der Waals surface area contributed by atoms with E-state index in [2.05, 4.69) is 0 Å². The fourth-order valence-electron chi connectivity index (χ4n) is 3.72. The third-order valence-electron chi connectivity index (χ3n) is 5.02. The molecule has 2 aliphatic heterocycles. The number of carbonyl (C=O) groups excluding carboxylic acids is 1. The molecule has 138 valence electrons. The van der Waals surface area contributed by atoms with Crippen LogP contribution in [-0.2, 0) is 16.6 Å². The molecule has 3 rings (SSSR count). The molecule has 6 nitrogen and oxygen atoms in total. The molecule has 0 saturated carbocycles. The SMILES string of the molecule is C[C@@H](O)[C@H]1C(=O)N2C(C(=O)O)=C(/C=C/CSc3cc[n+](C)cc3)[C@H](C)[C@H]12. The van der Waals surface area contributed by atoms with Crippen LogP contribution < -0.4 is 4.57 Å². The molecular weight excluding hydrogens is 352 g/mol. The van der Waals surface area contributed by atoms with Crippen molar-refractivity contribution in [2.24, 2.45) is 18.9 Å². The number of aromatic nitrogens is 1. The number of carboxylic acid groups (broad SMARTS) is 1. The first kappa shape index (κ1) is 18.7. The number of rotatable bonds is 6. The molecular formula is C19H23N2O4S+. The second-order valence-electron chi connectivity index (χ2n) is 6.78. The van der Waals surface area contributed by atoms with Crippen LogP contribution in [0.25, 0.3) is 0 Å². The molecule has 0 bridgehead atoms. The standard InChI is InChI=1S/C19H22N2O4S/c1-11-14(5-4-10-26-13-6-8-20(3)9-7-13)17(19(24)25)21-16(11)15(12(2)22)18(21)23/h4-9,11-12,15-16,22H,10H2,1-3H3/p+1/b5-4+/t11-,12+,15+,16+/m0/s1. The van der Waals surface area contributed by atoms with Crippen LogP contribution in [-0.4, -0.2) is 44.9 Å². The van der Waals surface area contributed by atoms with Crippen molar-refractivity contribution in [3.63, 3.8) is 0 Å². The van der Waals surface area contributed by atoms with E-state index in [0.29, 0.717) is 11.3 Å². The number of pyridine rings is 1. The summed E-state index contributed by atoms with van der Waals surface area (Å²) in [5.41, 5.74) is 0.705. The Hall–Kier alpha value is -2.12. The van der Waals surface area contributed by atoms with Gasteiger partial charge in [0.1, 0.15) is 12.7 Å². The number of carboxylic acids is 1. The topological polar surface area (TPSA) is 81.7 Å². The van der Waals surface area contributed by atoms with Gasteiger partial charge in [0, 0.05) is 28.7 Å². The molecule has 0 aliphatic carbocycles. The fourth-order valence-corrected chi connectivity index (χ4v) is 4.42. The fraction of sp³-hybridized carbons (Fsp3) is 0.421. The summed E-state index contributed by atoms with van der Waals surface area (Å²) in [4.78, 5) is 26.4. The Morgan fingerprint density at radius 3 is 2.65 bits per heavy atom. The number of carbonyl (C=O) groups is 2. The highest BCUT2D eigenvalue weighted by molar-refractivity contribution is 7.99. The Bertz CT molecular complexity index is 785. The number of aryl methyl sites for hydroxylation is 1. The lowest BCUT2D eigenvalue weighted by molar-refractivity contribution is -0.671. The molecule has 1 aromatic rings. The zero-order valence-electron chi connectivity index (χ0n) is 15.0. The summed E-state index contributed by atoms with van der Waals surface area (Å²) in [5, 5.41) is 19.4. The molecule has 1 saturated heterocycles. The smallest absolute Gasteiger partial charge is 0.352 e. The number of β-lactam (4-membered cyclic amide) rings is 1. The first-order valence-electron chi connectivity index (χ1n) is 8.56. The van der Waals surface area contributed by atoms with E-state index in [-0.39, 0.29) is 23.6 Å². The first-order valence-corrected chi connectivity index (χ1v) is 9.54. The molecule has 4 atom stereocenters. The molecule has 0 spiro atoms. The van der Waals surface area contributed by atoms with Crippen LogP contribution in [0.5, 0.6) is 0 Å². The number of nitrogens with zero attached hydrogens (tertiary/aromatic N) is 2. The number of fused-ring (bicyclic) bond motifs is 1. The summed E-state index contributed by atoms with van der Waals surface area (Å²) in [6.07, 6.45) is 6.92. The van der Waals surface area contributed by atoms with Crippen molar-refractivity contribution in [1.29, 1.82) is 0 Å². The maximum atomic E-state index is 12.3. The average molecular weight is 375 g/mol. The zero-order chi connectivity index (χ0) is 19.0. The van der Waals surface area contributed by atoms with Crippen LogP contribution >= 0.6 is 11.8 Å². The van der Waals surface area contributed by atoms with Gasteiger partial charge in [0.05, 0.1) is 18.1 Å². The number of aliphatic hydroxyl groups is 1. The number of hydrogen-bond donors (Lipinski definition) is 2. The minimum absolute atomic E-state index is 0.0531. The van der Waals surface area contributed by atoms with E-state index >= 15 is 0 Å². The number of amides is 1. The molecule has 0 radical (unpaired) electrons. The van der Waals surface area contributed by atoms with Gasteiger partial charge < -0.3 is 15.1 Å². The summed E-state index contributed by atoms with van der Waals surface area (Å²) < 4.78 is 1.96. The second kappa shape index (κ2) is 7.25. The van der Waals surface area contributed by atoms with Gasteiger partial charge in [0.25, 0.3) is 0 Å². The predicted molar refractivity (Wildman–Crippen MR) is 97.1 cm³/mol. The number of thioether (sulfide) groups is 1. The molecule has 2 N–H and O–H groups in total. The van der Waals surface area contributed by atoms with Crippen LogP contribution in [0, 0.1) is 11.8 Å². The van der Waals surface area contributed by atoms with Gasteiger partial charge >= 0.3 is 5.97 Å². The van der Waals surface area contributed by atoms with Crippen molar-refractivity contribution in [2.45, 2.75) is 30.9 Å². The van der Waals surface area contributed by atoms with Gasteiger partial charge in [-0.25, -0.2) is 9.36 Å². The lowest BCUT2D eigenvalue weighted by Gasteiger charge is -2.46. The van der Waals surface area contributed by atoms with Crippen LogP contribution in [0.2, 0.25) is 0 Å². The Morgan fingerprint density at radius 2 is 2.08 bits per heavy atom. The molecule has 1 amide bonds. The van der Waals surface area contributed by atoms with E-state index in [1.54, 1.807) is 18.7 Å². The Kier molecular flexibility index (Phi) is 5.20. The summed E-state index contributed by atoms with van der Waals surface area (Å²) in [5.74, 6) is -1.33. The number of aliphatic hydroxyl groups excluding tert-OH is 1. The quantitative estimate of drug-likeness (QED) is 0.446. The van der Waals surface area contributed by atoms with Crippen LogP contribution in [0.1, 0.15) is 13.8 Å². The van der Waals surface area contributed by atoms with Gasteiger partial charge in [-0.1, -0.05) is 19.1 Å². The molecule has 1 fully saturated rings. The maximum absolute atomic E-state index is 12.3. The minimum Gasteiger partial charge on any atom is -0.477 e. The monoisotopic (exact) mass is 375 g/mol. The summed E-state index contributed by atoms with van der Waals surface area (Å²) >= 11 is 1.66. The third kappa shape index (κ3) is 3.17. The molecule has 26 heavy (non-hydrogen) atoms. The highest BCUT2D eigenvalue weighted by atomic mass is 32.2. The number of aliphatic carboxylic acids is 1. The van der Waals surface area contributed by atoms with Crippen molar-refractivity contribution in [2.75, 3.05) is 5.75 Å². The highest BCUT2D eigenvalue weighted by Crippen LogP contribution is 2.47. The van der Waals surface area contributed by atoms with Gasteiger partial charge in [-0.2, -0.15) is 0 Å². The number of allylic oxidation sites excluding steroid dienone is 1. The van der Waals surface area contributed by atoms with E-state index in [1.807, 2.05) is 55.2 Å². The Balaban J connectivity index is 1.74. The van der Waals surface area contributed by atoms with Crippen molar-refractivity contribution in [1.82, 2.24) is 4.90 Å². The van der Waals surface area contributed by atoms with Crippen molar-refractivity contribution >= 4 is 23.6 Å². The molecule has 3 heterocycles. The van der Waals surface area contributed by atoms with Gasteiger partial charge in [-0.3, -0.25) is 4.79 Å². The van der Waals surface area contributed by atoms with Gasteiger partial charge in [-0.05, 0) is 12.5 Å². The normalized spacial score (nSPS) is 26.2. The third-order valence-corrected chi connectivity index (χ3v) is 5.98. The van der Waals surface area contributed by atoms with Gasteiger partial charge in [-0.15, -0.1) is 11.8 Å². The highest BCUT2D eigenvalue weighted by Gasteiger charge is 2.59.